The summed E-state index contributed by atoms with van der Waals surface area (Å²) in [7, 11) is 0. The minimum Gasteiger partial charge on any atom is -0.372 e. The molecule has 6 nitrogen and oxygen atoms in total. The average molecular weight is 322 g/mol. The maximum Gasteiger partial charge on any atom is 0.411 e. The van der Waals surface area contributed by atoms with E-state index >= 15 is 0 Å². The number of rotatable bonds is 6. The van der Waals surface area contributed by atoms with Crippen LogP contribution in [0, 0.1) is 0 Å². The monoisotopic (exact) mass is 322 g/mol. The molecule has 21 heavy (non-hydrogen) atoms. The van der Waals surface area contributed by atoms with Gasteiger partial charge in [0.05, 0.1) is 12.6 Å². The van der Waals surface area contributed by atoms with Gasteiger partial charge < -0.3 is 15.0 Å². The molecule has 2 heterocycles. The minimum absolute atomic E-state index is 0.129. The van der Waals surface area contributed by atoms with E-state index in [4.69, 9.17) is 10.3 Å². The molecular weight excluding hydrogens is 309 g/mol. The fraction of sp³-hybridized carbons (Fsp3) is 0.545. The van der Waals surface area contributed by atoms with Crippen molar-refractivity contribution < 1.29 is 22.4 Å². The van der Waals surface area contributed by atoms with Crippen LogP contribution in [0.3, 0.4) is 0 Å². The summed E-state index contributed by atoms with van der Waals surface area (Å²) in [6, 6.07) is -0.193. The molecule has 0 saturated heterocycles. The number of hydrogen-bond acceptors (Lipinski definition) is 7. The first-order valence-corrected chi connectivity index (χ1v) is 6.91. The lowest BCUT2D eigenvalue weighted by atomic mass is 10.4. The second-order valence-electron chi connectivity index (χ2n) is 4.29. The van der Waals surface area contributed by atoms with Crippen LogP contribution in [0.5, 0.6) is 0 Å². The van der Waals surface area contributed by atoms with Crippen LogP contribution in [0.1, 0.15) is 23.8 Å². The standard InChI is InChI=1S/C11H13F3N4O2S/c1-6(15)10-16-7(4-21-10)9-17-8(18-20-9)2-3-19-5-11(12,13)14/h4,6H,2-3,5,15H2,1H3. The largest absolute Gasteiger partial charge is 0.411 e. The third kappa shape index (κ3) is 4.76. The number of hydrogen-bond donors (Lipinski definition) is 1. The van der Waals surface area contributed by atoms with Gasteiger partial charge in [0.15, 0.2) is 5.82 Å². The van der Waals surface area contributed by atoms with E-state index in [-0.39, 0.29) is 30.8 Å². The lowest BCUT2D eigenvalue weighted by Gasteiger charge is -2.05. The van der Waals surface area contributed by atoms with Gasteiger partial charge >= 0.3 is 6.18 Å². The van der Waals surface area contributed by atoms with Crippen molar-refractivity contribution in [3.05, 3.63) is 16.2 Å². The Morgan fingerprint density at radius 1 is 1.43 bits per heavy atom. The molecule has 0 aliphatic carbocycles. The molecular formula is C11H13F3N4O2S. The van der Waals surface area contributed by atoms with E-state index in [2.05, 4.69) is 19.9 Å². The first-order chi connectivity index (χ1) is 9.85. The number of halogens is 3. The Bertz CT molecular complexity index is 582. The van der Waals surface area contributed by atoms with Crippen LogP contribution in [-0.2, 0) is 11.2 Å². The molecule has 0 saturated carbocycles. The van der Waals surface area contributed by atoms with E-state index < -0.39 is 12.8 Å². The Balaban J connectivity index is 1.89. The summed E-state index contributed by atoms with van der Waals surface area (Å²) >= 11 is 1.37. The highest BCUT2D eigenvalue weighted by atomic mass is 32.1. The predicted octanol–water partition coefficient (Wildman–Crippen LogP) is 2.33. The highest BCUT2D eigenvalue weighted by Crippen LogP contribution is 2.23. The van der Waals surface area contributed by atoms with Crippen molar-refractivity contribution >= 4 is 11.3 Å². The van der Waals surface area contributed by atoms with Gasteiger partial charge in [0.2, 0.25) is 0 Å². The summed E-state index contributed by atoms with van der Waals surface area (Å²) in [4.78, 5) is 8.29. The summed E-state index contributed by atoms with van der Waals surface area (Å²) < 4.78 is 45.1. The van der Waals surface area contributed by atoms with Gasteiger partial charge in [-0.15, -0.1) is 11.3 Å². The zero-order valence-electron chi connectivity index (χ0n) is 11.1. The molecule has 0 aliphatic rings. The Morgan fingerprint density at radius 3 is 2.81 bits per heavy atom. The molecule has 2 rings (SSSR count). The lowest BCUT2D eigenvalue weighted by molar-refractivity contribution is -0.173. The topological polar surface area (TPSA) is 87.1 Å². The van der Waals surface area contributed by atoms with Crippen LogP contribution in [0.15, 0.2) is 9.90 Å². The molecule has 1 atom stereocenters. The number of thiazole rings is 1. The van der Waals surface area contributed by atoms with E-state index in [0.717, 1.165) is 5.01 Å². The summed E-state index contributed by atoms with van der Waals surface area (Å²) in [5.41, 5.74) is 6.20. The molecule has 2 aromatic rings. The third-order valence-corrected chi connectivity index (χ3v) is 3.38. The second kappa shape index (κ2) is 6.50. The molecule has 116 valence electrons. The Labute approximate surface area is 122 Å². The molecule has 0 bridgehead atoms. The zero-order chi connectivity index (χ0) is 15.5. The summed E-state index contributed by atoms with van der Waals surface area (Å²) in [6.07, 6.45) is -4.21. The molecule has 1 unspecified atom stereocenters. The van der Waals surface area contributed by atoms with E-state index in [1.807, 2.05) is 0 Å². The minimum atomic E-state index is -4.33. The van der Waals surface area contributed by atoms with Gasteiger partial charge in [-0.25, -0.2) is 4.98 Å². The number of aromatic nitrogens is 3. The quantitative estimate of drug-likeness (QED) is 0.821. The smallest absolute Gasteiger partial charge is 0.372 e. The van der Waals surface area contributed by atoms with E-state index in [1.54, 1.807) is 12.3 Å². The first-order valence-electron chi connectivity index (χ1n) is 6.03. The highest BCUT2D eigenvalue weighted by Gasteiger charge is 2.27. The van der Waals surface area contributed by atoms with Gasteiger partial charge in [0.1, 0.15) is 17.3 Å². The van der Waals surface area contributed by atoms with Gasteiger partial charge in [-0.2, -0.15) is 18.2 Å². The van der Waals surface area contributed by atoms with Crippen molar-refractivity contribution in [3.8, 4) is 11.6 Å². The zero-order valence-corrected chi connectivity index (χ0v) is 11.9. The second-order valence-corrected chi connectivity index (χ2v) is 5.18. The third-order valence-electron chi connectivity index (χ3n) is 2.33. The number of alkyl halides is 3. The van der Waals surface area contributed by atoms with Crippen LogP contribution >= 0.6 is 11.3 Å². The molecule has 0 aliphatic heterocycles. The molecule has 0 spiro atoms. The van der Waals surface area contributed by atoms with E-state index in [0.29, 0.717) is 5.69 Å². The SMILES string of the molecule is CC(N)c1nc(-c2nc(CCOCC(F)(F)F)no2)cs1. The van der Waals surface area contributed by atoms with Gasteiger partial charge in [-0.1, -0.05) is 5.16 Å². The van der Waals surface area contributed by atoms with Crippen LogP contribution in [-0.4, -0.2) is 34.5 Å². The van der Waals surface area contributed by atoms with Crippen molar-refractivity contribution in [2.75, 3.05) is 13.2 Å². The molecule has 10 heteroatoms. The Kier molecular flexibility index (Phi) is 4.91. The number of nitrogens with zero attached hydrogens (tertiary/aromatic N) is 3. The predicted molar refractivity (Wildman–Crippen MR) is 68.6 cm³/mol. The maximum atomic E-state index is 11.9. The first kappa shape index (κ1) is 15.9. The van der Waals surface area contributed by atoms with Crippen LogP contribution in [0.4, 0.5) is 13.2 Å². The van der Waals surface area contributed by atoms with Crippen molar-refractivity contribution in [2.45, 2.75) is 25.6 Å². The van der Waals surface area contributed by atoms with Crippen molar-refractivity contribution in [3.63, 3.8) is 0 Å². The normalized spacial score (nSPS) is 13.6. The fourth-order valence-corrected chi connectivity index (χ4v) is 2.16. The Morgan fingerprint density at radius 2 is 2.19 bits per heavy atom. The molecule has 2 aromatic heterocycles. The summed E-state index contributed by atoms with van der Waals surface area (Å²) in [6.45, 7) is 0.377. The highest BCUT2D eigenvalue weighted by molar-refractivity contribution is 7.10. The molecule has 0 fully saturated rings. The van der Waals surface area contributed by atoms with Gasteiger partial charge in [0.25, 0.3) is 5.89 Å². The van der Waals surface area contributed by atoms with E-state index in [9.17, 15) is 13.2 Å². The molecule has 0 amide bonds. The van der Waals surface area contributed by atoms with Crippen molar-refractivity contribution in [2.24, 2.45) is 5.73 Å². The summed E-state index contributed by atoms with van der Waals surface area (Å²) in [5, 5.41) is 6.13. The van der Waals surface area contributed by atoms with Crippen LogP contribution in [0.25, 0.3) is 11.6 Å². The number of nitrogens with two attached hydrogens (primary N) is 1. The maximum absolute atomic E-state index is 11.9. The van der Waals surface area contributed by atoms with Crippen molar-refractivity contribution in [1.82, 2.24) is 15.1 Å². The summed E-state index contributed by atoms with van der Waals surface area (Å²) in [5.74, 6) is 0.478. The number of ether oxygens (including phenoxy) is 1. The van der Waals surface area contributed by atoms with Crippen LogP contribution in [0.2, 0.25) is 0 Å². The van der Waals surface area contributed by atoms with Gasteiger partial charge in [0, 0.05) is 11.8 Å². The lowest BCUT2D eigenvalue weighted by Crippen LogP contribution is -2.18. The van der Waals surface area contributed by atoms with Crippen LogP contribution < -0.4 is 5.73 Å². The molecule has 2 N–H and O–H groups in total. The molecule has 0 radical (unpaired) electrons. The van der Waals surface area contributed by atoms with Gasteiger partial charge in [-0.3, -0.25) is 0 Å². The Hall–Kier alpha value is -1.52. The fourth-order valence-electron chi connectivity index (χ4n) is 1.41. The van der Waals surface area contributed by atoms with Crippen molar-refractivity contribution in [1.29, 1.82) is 0 Å². The average Bonchev–Trinajstić information content (AvgIpc) is 3.02. The van der Waals surface area contributed by atoms with Gasteiger partial charge in [-0.05, 0) is 6.92 Å². The molecule has 0 aromatic carbocycles. The van der Waals surface area contributed by atoms with E-state index in [1.165, 1.54) is 11.3 Å².